The first-order valence-corrected chi connectivity index (χ1v) is 4.49. The minimum Gasteiger partial charge on any atom is -0.550 e. The minimum absolute atomic E-state index is 0.165. The predicted molar refractivity (Wildman–Crippen MR) is 45.2 cm³/mol. The molecule has 0 saturated carbocycles. The topological polar surface area (TPSA) is 40.1 Å². The number of halogens is 6. The maximum absolute atomic E-state index is 12.4. The number of hydrogen-bond acceptors (Lipinski definition) is 2. The number of carboxylic acid groups (broad SMARTS) is 1. The molecule has 0 aliphatic rings. The van der Waals surface area contributed by atoms with Gasteiger partial charge in [-0.1, -0.05) is 0 Å². The van der Waals surface area contributed by atoms with Crippen LogP contribution in [0.15, 0.2) is 18.2 Å². The van der Waals surface area contributed by atoms with E-state index in [1.165, 1.54) is 0 Å². The summed E-state index contributed by atoms with van der Waals surface area (Å²) in [4.78, 5) is 10.2. The normalized spacial score (nSPS) is 12.6. The molecule has 0 aromatic heterocycles. The Hall–Kier alpha value is -1.73. The number of carbonyl (C=O) groups excluding carboxylic acids is 1. The molecule has 8 heteroatoms. The van der Waals surface area contributed by atoms with Crippen molar-refractivity contribution in [2.75, 3.05) is 0 Å². The van der Waals surface area contributed by atoms with Crippen molar-refractivity contribution in [1.29, 1.82) is 0 Å². The molecular weight excluding hydrogens is 266 g/mol. The molecule has 0 radical (unpaired) electrons. The van der Waals surface area contributed by atoms with Gasteiger partial charge in [-0.15, -0.1) is 0 Å². The fourth-order valence-corrected chi connectivity index (χ4v) is 1.35. The number of carboxylic acids is 1. The van der Waals surface area contributed by atoms with Crippen molar-refractivity contribution in [3.63, 3.8) is 0 Å². The Morgan fingerprint density at radius 1 is 1.06 bits per heavy atom. The molecule has 0 aliphatic carbocycles. The lowest BCUT2D eigenvalue weighted by Crippen LogP contribution is -2.26. The van der Waals surface area contributed by atoms with Crippen LogP contribution >= 0.6 is 0 Å². The molecule has 1 aromatic rings. The van der Waals surface area contributed by atoms with Gasteiger partial charge in [-0.3, -0.25) is 0 Å². The highest BCUT2D eigenvalue weighted by Crippen LogP contribution is 2.36. The molecular formula is C10H5F6O2-. The summed E-state index contributed by atoms with van der Waals surface area (Å²) in [5.41, 5.74) is -3.73. The first kappa shape index (κ1) is 14.3. The molecule has 0 amide bonds. The van der Waals surface area contributed by atoms with E-state index in [9.17, 15) is 36.2 Å². The molecule has 0 saturated heterocycles. The number of benzene rings is 1. The van der Waals surface area contributed by atoms with Crippen molar-refractivity contribution in [3.05, 3.63) is 34.9 Å². The lowest BCUT2D eigenvalue weighted by molar-refractivity contribution is -0.304. The third-order valence-corrected chi connectivity index (χ3v) is 2.07. The molecule has 0 aliphatic heterocycles. The van der Waals surface area contributed by atoms with Crippen LogP contribution in [0.4, 0.5) is 26.3 Å². The van der Waals surface area contributed by atoms with E-state index in [0.717, 1.165) is 0 Å². The third-order valence-electron chi connectivity index (χ3n) is 2.07. The van der Waals surface area contributed by atoms with Crippen LogP contribution in [-0.4, -0.2) is 5.97 Å². The van der Waals surface area contributed by atoms with E-state index in [1.807, 2.05) is 0 Å². The molecule has 2 nitrogen and oxygen atoms in total. The number of hydrogen-bond donors (Lipinski definition) is 0. The summed E-state index contributed by atoms with van der Waals surface area (Å²) >= 11 is 0. The number of rotatable bonds is 2. The van der Waals surface area contributed by atoms with Gasteiger partial charge in [-0.2, -0.15) is 26.3 Å². The van der Waals surface area contributed by atoms with E-state index < -0.39 is 41.4 Å². The largest absolute Gasteiger partial charge is 0.550 e. The lowest BCUT2D eigenvalue weighted by Gasteiger charge is -2.16. The second-order valence-corrected chi connectivity index (χ2v) is 3.42. The van der Waals surface area contributed by atoms with Crippen molar-refractivity contribution in [2.45, 2.75) is 18.8 Å². The second-order valence-electron chi connectivity index (χ2n) is 3.42. The quantitative estimate of drug-likeness (QED) is 0.772. The van der Waals surface area contributed by atoms with E-state index in [1.54, 1.807) is 0 Å². The van der Waals surface area contributed by atoms with Gasteiger partial charge in [-0.05, 0) is 23.8 Å². The zero-order valence-corrected chi connectivity index (χ0v) is 8.52. The highest BCUT2D eigenvalue weighted by Gasteiger charge is 2.36. The molecule has 100 valence electrons. The molecule has 0 N–H and O–H groups in total. The Balaban J connectivity index is 3.34. The van der Waals surface area contributed by atoms with Crippen LogP contribution in [0.25, 0.3) is 0 Å². The smallest absolute Gasteiger partial charge is 0.416 e. The van der Waals surface area contributed by atoms with Gasteiger partial charge < -0.3 is 9.90 Å². The van der Waals surface area contributed by atoms with Gasteiger partial charge in [-0.25, -0.2) is 0 Å². The maximum Gasteiger partial charge on any atom is 0.416 e. The standard InChI is InChI=1S/C10H6F6O2/c11-9(12,13)6-1-2-7(10(14,15)16)5(3-6)4-8(17)18/h1-3H,4H2,(H,17,18)/p-1. The second kappa shape index (κ2) is 4.51. The molecule has 0 unspecified atom stereocenters. The van der Waals surface area contributed by atoms with Gasteiger partial charge in [0.25, 0.3) is 0 Å². The van der Waals surface area contributed by atoms with Gasteiger partial charge in [0, 0.05) is 12.4 Å². The molecule has 0 fully saturated rings. The van der Waals surface area contributed by atoms with Crippen molar-refractivity contribution in [2.24, 2.45) is 0 Å². The Morgan fingerprint density at radius 3 is 2.00 bits per heavy atom. The van der Waals surface area contributed by atoms with E-state index >= 15 is 0 Å². The highest BCUT2D eigenvalue weighted by molar-refractivity contribution is 5.69. The Kier molecular flexibility index (Phi) is 3.59. The molecule has 1 rings (SSSR count). The average molecular weight is 271 g/mol. The van der Waals surface area contributed by atoms with Crippen LogP contribution in [0.3, 0.4) is 0 Å². The molecule has 0 spiro atoms. The Bertz CT molecular complexity index is 460. The van der Waals surface area contributed by atoms with E-state index in [2.05, 4.69) is 0 Å². The van der Waals surface area contributed by atoms with Crippen LogP contribution in [0.2, 0.25) is 0 Å². The van der Waals surface area contributed by atoms with Gasteiger partial charge in [0.05, 0.1) is 11.1 Å². The van der Waals surface area contributed by atoms with Gasteiger partial charge in [0.1, 0.15) is 0 Å². The van der Waals surface area contributed by atoms with Gasteiger partial charge in [0.15, 0.2) is 0 Å². The Labute approximate surface area is 96.8 Å². The third kappa shape index (κ3) is 3.38. The van der Waals surface area contributed by atoms with Crippen LogP contribution < -0.4 is 5.11 Å². The monoisotopic (exact) mass is 271 g/mol. The molecule has 0 heterocycles. The van der Waals surface area contributed by atoms with Crippen molar-refractivity contribution < 1.29 is 36.2 Å². The summed E-state index contributed by atoms with van der Waals surface area (Å²) in [6, 6.07) is 0.626. The lowest BCUT2D eigenvalue weighted by atomic mass is 10.0. The van der Waals surface area contributed by atoms with E-state index in [0.29, 0.717) is 0 Å². The number of aliphatic carboxylic acids is 1. The minimum atomic E-state index is -4.92. The maximum atomic E-state index is 12.4. The number of carbonyl (C=O) groups is 1. The average Bonchev–Trinajstić information content (AvgIpc) is 2.13. The summed E-state index contributed by atoms with van der Waals surface area (Å²) in [7, 11) is 0. The molecule has 0 atom stereocenters. The van der Waals surface area contributed by atoms with Crippen LogP contribution in [0, 0.1) is 0 Å². The van der Waals surface area contributed by atoms with Crippen LogP contribution in [-0.2, 0) is 23.6 Å². The van der Waals surface area contributed by atoms with Crippen molar-refractivity contribution in [3.8, 4) is 0 Å². The summed E-state index contributed by atoms with van der Waals surface area (Å²) in [5.74, 6) is -1.89. The summed E-state index contributed by atoms with van der Waals surface area (Å²) in [6.45, 7) is 0. The van der Waals surface area contributed by atoms with Gasteiger partial charge >= 0.3 is 12.4 Å². The Morgan fingerprint density at radius 2 is 1.61 bits per heavy atom. The zero-order chi connectivity index (χ0) is 14.1. The molecule has 0 bridgehead atoms. The molecule has 18 heavy (non-hydrogen) atoms. The summed E-state index contributed by atoms with van der Waals surface area (Å²) < 4.78 is 74.2. The summed E-state index contributed by atoms with van der Waals surface area (Å²) in [6.07, 6.45) is -11.0. The van der Waals surface area contributed by atoms with Crippen LogP contribution in [0.1, 0.15) is 16.7 Å². The van der Waals surface area contributed by atoms with Gasteiger partial charge in [0.2, 0.25) is 0 Å². The fourth-order valence-electron chi connectivity index (χ4n) is 1.35. The van der Waals surface area contributed by atoms with Crippen molar-refractivity contribution >= 4 is 5.97 Å². The first-order chi connectivity index (χ1) is 8.01. The van der Waals surface area contributed by atoms with E-state index in [-0.39, 0.29) is 18.2 Å². The van der Waals surface area contributed by atoms with E-state index in [4.69, 9.17) is 0 Å². The number of alkyl halides is 6. The predicted octanol–water partition coefficient (Wildman–Crippen LogP) is 2.02. The van der Waals surface area contributed by atoms with Crippen molar-refractivity contribution in [1.82, 2.24) is 0 Å². The first-order valence-electron chi connectivity index (χ1n) is 4.49. The highest BCUT2D eigenvalue weighted by atomic mass is 19.4. The molecule has 1 aromatic carbocycles. The zero-order valence-electron chi connectivity index (χ0n) is 8.52. The van der Waals surface area contributed by atoms with Crippen LogP contribution in [0.5, 0.6) is 0 Å². The SMILES string of the molecule is O=C([O-])Cc1cc(C(F)(F)F)ccc1C(F)(F)F. The summed E-state index contributed by atoms with van der Waals surface area (Å²) in [5, 5.41) is 10.2. The fraction of sp³-hybridized carbons (Fsp3) is 0.300.